The minimum atomic E-state index is -0.421. The maximum Gasteiger partial charge on any atom is 0.273 e. The first-order chi connectivity index (χ1) is 20.0. The number of amides is 2. The number of rotatable bonds is 10. The number of nitrogens with one attached hydrogen (secondary N) is 3. The zero-order valence-corrected chi connectivity index (χ0v) is 22.7. The van der Waals surface area contributed by atoms with Crippen molar-refractivity contribution in [2.75, 3.05) is 37.9 Å². The fourth-order valence-electron chi connectivity index (χ4n) is 4.75. The molecular weight excluding hydrogens is 524 g/mol. The van der Waals surface area contributed by atoms with E-state index in [4.69, 9.17) is 4.74 Å². The van der Waals surface area contributed by atoms with Crippen LogP contribution in [0.5, 0.6) is 5.75 Å². The second-order valence-electron chi connectivity index (χ2n) is 10.1. The van der Waals surface area contributed by atoms with E-state index in [-0.39, 0.29) is 29.4 Å². The highest BCUT2D eigenvalue weighted by Crippen LogP contribution is 2.38. The van der Waals surface area contributed by atoms with Crippen molar-refractivity contribution in [1.29, 1.82) is 0 Å². The molecule has 4 aromatic rings. The summed E-state index contributed by atoms with van der Waals surface area (Å²) in [5.74, 6) is 0.254. The quantitative estimate of drug-likeness (QED) is 0.267. The van der Waals surface area contributed by atoms with E-state index < -0.39 is 5.91 Å². The molecule has 0 atom stereocenters. The van der Waals surface area contributed by atoms with Gasteiger partial charge in [0.05, 0.1) is 36.4 Å². The Morgan fingerprint density at radius 2 is 1.90 bits per heavy atom. The number of nitrogens with zero attached hydrogens (tertiary/aromatic N) is 7. The van der Waals surface area contributed by atoms with Crippen LogP contribution in [-0.4, -0.2) is 74.1 Å². The van der Waals surface area contributed by atoms with Gasteiger partial charge in [-0.1, -0.05) is 17.3 Å². The number of ether oxygens (including phenoxy) is 1. The van der Waals surface area contributed by atoms with Crippen molar-refractivity contribution < 1.29 is 14.3 Å². The topological polar surface area (TPSA) is 152 Å². The van der Waals surface area contributed by atoms with Gasteiger partial charge in [0.2, 0.25) is 5.91 Å². The molecule has 1 aliphatic heterocycles. The maximum absolute atomic E-state index is 12.5. The number of hydrogen-bond donors (Lipinski definition) is 3. The Bertz CT molecular complexity index is 1560. The second kappa shape index (κ2) is 11.3. The third-order valence-corrected chi connectivity index (χ3v) is 7.13. The molecule has 1 aromatic carbocycles. The normalized spacial score (nSPS) is 15.2. The lowest BCUT2D eigenvalue weighted by atomic mass is 10.1. The standard InChI is InChI=1S/C28H30N10O3/c1-29-28(40)25-22(12-24(34-35-25)32-27(39)17-9-10-17)31-21-8-5-7-20(26(21)41-2)23-16-38(36-33-23)19-14-37(15-19)13-18-6-3-4-11-30-18/h3-8,11-12,16-17,19H,9-10,13-15H2,1-2H3,(H,29,40)(H2,31,32,34,39). The van der Waals surface area contributed by atoms with Crippen molar-refractivity contribution in [3.8, 4) is 17.0 Å². The van der Waals surface area contributed by atoms with Crippen LogP contribution in [0.1, 0.15) is 35.1 Å². The van der Waals surface area contributed by atoms with Gasteiger partial charge in [-0.2, -0.15) is 0 Å². The molecule has 1 aliphatic carbocycles. The molecule has 0 bridgehead atoms. The van der Waals surface area contributed by atoms with Gasteiger partial charge in [0, 0.05) is 50.4 Å². The molecular formula is C28H30N10O3. The molecule has 2 fully saturated rings. The molecule has 4 heterocycles. The summed E-state index contributed by atoms with van der Waals surface area (Å²) in [5, 5.41) is 25.5. The van der Waals surface area contributed by atoms with E-state index in [0.29, 0.717) is 22.8 Å². The Hall–Kier alpha value is -4.91. The molecule has 210 valence electrons. The van der Waals surface area contributed by atoms with Crippen LogP contribution in [0, 0.1) is 5.92 Å². The summed E-state index contributed by atoms with van der Waals surface area (Å²) in [4.78, 5) is 31.5. The largest absolute Gasteiger partial charge is 0.494 e. The van der Waals surface area contributed by atoms with Crippen molar-refractivity contribution in [1.82, 2.24) is 40.4 Å². The lowest BCUT2D eigenvalue weighted by Gasteiger charge is -2.38. The highest BCUT2D eigenvalue weighted by molar-refractivity contribution is 6.00. The second-order valence-corrected chi connectivity index (χ2v) is 10.1. The van der Waals surface area contributed by atoms with E-state index in [1.54, 1.807) is 13.2 Å². The predicted octanol–water partition coefficient (Wildman–Crippen LogP) is 2.65. The number of carbonyl (C=O) groups excluding carboxylic acids is 2. The number of hydrogen-bond acceptors (Lipinski definition) is 10. The molecule has 3 N–H and O–H groups in total. The van der Waals surface area contributed by atoms with Gasteiger partial charge >= 0.3 is 0 Å². The number of aromatic nitrogens is 6. The highest BCUT2D eigenvalue weighted by Gasteiger charge is 2.31. The van der Waals surface area contributed by atoms with Gasteiger partial charge in [-0.15, -0.1) is 15.3 Å². The lowest BCUT2D eigenvalue weighted by molar-refractivity contribution is -0.117. The van der Waals surface area contributed by atoms with Crippen LogP contribution in [0.2, 0.25) is 0 Å². The minimum Gasteiger partial charge on any atom is -0.494 e. The molecule has 2 aliphatic rings. The van der Waals surface area contributed by atoms with Crippen LogP contribution in [0.4, 0.5) is 17.2 Å². The first kappa shape index (κ1) is 26.3. The monoisotopic (exact) mass is 554 g/mol. The van der Waals surface area contributed by atoms with Crippen molar-refractivity contribution in [2.24, 2.45) is 5.92 Å². The summed E-state index contributed by atoms with van der Waals surface area (Å²) < 4.78 is 7.68. The van der Waals surface area contributed by atoms with Crippen molar-refractivity contribution in [3.63, 3.8) is 0 Å². The lowest BCUT2D eigenvalue weighted by Crippen LogP contribution is -2.47. The van der Waals surface area contributed by atoms with E-state index >= 15 is 0 Å². The first-order valence-corrected chi connectivity index (χ1v) is 13.4. The molecule has 0 spiro atoms. The average molecular weight is 555 g/mol. The predicted molar refractivity (Wildman–Crippen MR) is 151 cm³/mol. The summed E-state index contributed by atoms with van der Waals surface area (Å²) in [6.07, 6.45) is 5.45. The Labute approximate surface area is 236 Å². The number of carbonyl (C=O) groups is 2. The molecule has 0 unspecified atom stereocenters. The van der Waals surface area contributed by atoms with Crippen molar-refractivity contribution >= 4 is 29.0 Å². The van der Waals surface area contributed by atoms with Gasteiger partial charge in [0.25, 0.3) is 5.91 Å². The fourth-order valence-corrected chi connectivity index (χ4v) is 4.75. The first-order valence-electron chi connectivity index (χ1n) is 13.4. The van der Waals surface area contributed by atoms with E-state index in [2.05, 4.69) is 46.3 Å². The van der Waals surface area contributed by atoms with E-state index in [9.17, 15) is 9.59 Å². The smallest absolute Gasteiger partial charge is 0.273 e. The molecule has 1 saturated heterocycles. The van der Waals surface area contributed by atoms with Gasteiger partial charge < -0.3 is 20.7 Å². The van der Waals surface area contributed by atoms with Gasteiger partial charge in [-0.3, -0.25) is 19.5 Å². The summed E-state index contributed by atoms with van der Waals surface area (Å²) in [6, 6.07) is 13.3. The van der Waals surface area contributed by atoms with E-state index in [1.165, 1.54) is 7.05 Å². The Morgan fingerprint density at radius 3 is 2.63 bits per heavy atom. The molecule has 0 radical (unpaired) electrons. The van der Waals surface area contributed by atoms with Crippen molar-refractivity contribution in [2.45, 2.75) is 25.4 Å². The molecule has 1 saturated carbocycles. The van der Waals surface area contributed by atoms with Gasteiger partial charge in [0.1, 0.15) is 5.69 Å². The molecule has 2 amide bonds. The van der Waals surface area contributed by atoms with Crippen LogP contribution in [0.25, 0.3) is 11.3 Å². The van der Waals surface area contributed by atoms with Crippen LogP contribution < -0.4 is 20.7 Å². The molecule has 3 aromatic heterocycles. The van der Waals surface area contributed by atoms with E-state index in [0.717, 1.165) is 43.7 Å². The summed E-state index contributed by atoms with van der Waals surface area (Å²) >= 11 is 0. The summed E-state index contributed by atoms with van der Waals surface area (Å²) in [7, 11) is 3.09. The van der Waals surface area contributed by atoms with Gasteiger partial charge in [0.15, 0.2) is 17.3 Å². The highest BCUT2D eigenvalue weighted by atomic mass is 16.5. The zero-order valence-electron chi connectivity index (χ0n) is 22.7. The summed E-state index contributed by atoms with van der Waals surface area (Å²) in [5.41, 5.74) is 3.47. The van der Waals surface area contributed by atoms with Crippen LogP contribution in [0.3, 0.4) is 0 Å². The third kappa shape index (κ3) is 5.70. The van der Waals surface area contributed by atoms with Crippen molar-refractivity contribution in [3.05, 3.63) is 66.2 Å². The molecule has 13 heteroatoms. The number of pyridine rings is 1. The average Bonchev–Trinajstić information content (AvgIpc) is 3.72. The fraction of sp³-hybridized carbons (Fsp3) is 0.321. The van der Waals surface area contributed by atoms with Gasteiger partial charge in [-0.25, -0.2) is 4.68 Å². The number of likely N-dealkylation sites (tertiary alicyclic amines) is 1. The van der Waals surface area contributed by atoms with Crippen LogP contribution in [0.15, 0.2) is 54.9 Å². The number of methoxy groups -OCH3 is 1. The number of anilines is 3. The molecule has 41 heavy (non-hydrogen) atoms. The third-order valence-electron chi connectivity index (χ3n) is 7.13. The Kier molecular flexibility index (Phi) is 7.25. The van der Waals surface area contributed by atoms with Crippen LogP contribution in [-0.2, 0) is 11.3 Å². The van der Waals surface area contributed by atoms with E-state index in [1.807, 2.05) is 53.5 Å². The molecule has 13 nitrogen and oxygen atoms in total. The van der Waals surface area contributed by atoms with Gasteiger partial charge in [-0.05, 0) is 37.1 Å². The molecule has 6 rings (SSSR count). The SMILES string of the molecule is CNC(=O)c1nnc(NC(=O)C2CC2)cc1Nc1cccc(-c2cn(C3CN(Cc4ccccn4)C3)nn2)c1OC. The summed E-state index contributed by atoms with van der Waals surface area (Å²) in [6.45, 7) is 2.51. The number of benzene rings is 1. The Balaban J connectivity index is 1.21. The Morgan fingerprint density at radius 1 is 1.05 bits per heavy atom. The number of para-hydroxylation sites is 1. The minimum absolute atomic E-state index is 0.000831. The van der Waals surface area contributed by atoms with Crippen LogP contribution >= 0.6 is 0 Å². The maximum atomic E-state index is 12.5. The zero-order chi connectivity index (χ0) is 28.3.